The van der Waals surface area contributed by atoms with Crippen molar-refractivity contribution in [2.45, 2.75) is 6.92 Å². The molecule has 0 aliphatic heterocycles. The summed E-state index contributed by atoms with van der Waals surface area (Å²) in [7, 11) is 0. The van der Waals surface area contributed by atoms with Crippen LogP contribution in [0.15, 0.2) is 33.5 Å². The zero-order valence-electron chi connectivity index (χ0n) is 10.8. The summed E-state index contributed by atoms with van der Waals surface area (Å²) in [5, 5.41) is 0.283. The van der Waals surface area contributed by atoms with Gasteiger partial charge in [-0.15, -0.1) is 11.6 Å². The fraction of sp³-hybridized carbons (Fsp3) is 0.286. The van der Waals surface area contributed by atoms with E-state index in [1.807, 2.05) is 0 Å². The summed E-state index contributed by atoms with van der Waals surface area (Å²) in [5.41, 5.74) is -0.0906. The molecule has 106 valence electrons. The predicted octanol–water partition coefficient (Wildman–Crippen LogP) is 2.59. The lowest BCUT2D eigenvalue weighted by Crippen LogP contribution is -2.11. The van der Waals surface area contributed by atoms with Crippen LogP contribution in [-0.2, 0) is 4.74 Å². The fourth-order valence-corrected chi connectivity index (χ4v) is 1.83. The van der Waals surface area contributed by atoms with Gasteiger partial charge in [-0.25, -0.2) is 4.79 Å². The highest BCUT2D eigenvalue weighted by Crippen LogP contribution is 2.23. The molecule has 0 bridgehead atoms. The Balaban J connectivity index is 2.51. The van der Waals surface area contributed by atoms with Gasteiger partial charge in [0.15, 0.2) is 5.43 Å². The monoisotopic (exact) mass is 296 g/mol. The molecule has 0 radical (unpaired) electrons. The molecule has 0 saturated heterocycles. The van der Waals surface area contributed by atoms with E-state index in [-0.39, 0.29) is 35.4 Å². The van der Waals surface area contributed by atoms with Crippen LogP contribution in [0.4, 0.5) is 0 Å². The lowest BCUT2D eigenvalue weighted by Gasteiger charge is -2.07. The summed E-state index contributed by atoms with van der Waals surface area (Å²) in [6.45, 7) is 2.16. The third-order valence-electron chi connectivity index (χ3n) is 2.53. The smallest absolute Gasteiger partial charge is 0.374 e. The summed E-state index contributed by atoms with van der Waals surface area (Å²) < 4.78 is 15.6. The van der Waals surface area contributed by atoms with Gasteiger partial charge in [0.1, 0.15) is 23.3 Å². The van der Waals surface area contributed by atoms with Crippen LogP contribution < -0.4 is 10.2 Å². The number of hydrogen-bond acceptors (Lipinski definition) is 5. The first-order valence-electron chi connectivity index (χ1n) is 6.10. The van der Waals surface area contributed by atoms with Crippen LogP contribution in [0.1, 0.15) is 17.5 Å². The van der Waals surface area contributed by atoms with E-state index in [4.69, 9.17) is 25.5 Å². The topological polar surface area (TPSA) is 65.7 Å². The molecule has 0 spiro atoms. The van der Waals surface area contributed by atoms with Crippen molar-refractivity contribution in [1.82, 2.24) is 0 Å². The van der Waals surface area contributed by atoms with Crippen molar-refractivity contribution in [3.05, 3.63) is 40.2 Å². The third kappa shape index (κ3) is 2.93. The number of carbonyl (C=O) groups excluding carboxylic acids is 1. The number of rotatable bonds is 5. The normalized spacial score (nSPS) is 10.5. The number of fused-ring (bicyclic) bond motifs is 1. The maximum Gasteiger partial charge on any atom is 0.374 e. The first-order valence-corrected chi connectivity index (χ1v) is 6.63. The molecule has 6 heteroatoms. The Morgan fingerprint density at radius 1 is 1.40 bits per heavy atom. The molecule has 2 aromatic rings. The molecule has 0 saturated carbocycles. The number of esters is 1. The minimum Gasteiger partial charge on any atom is -0.491 e. The highest BCUT2D eigenvalue weighted by molar-refractivity contribution is 6.18. The quantitative estimate of drug-likeness (QED) is 0.627. The van der Waals surface area contributed by atoms with Crippen LogP contribution in [0.25, 0.3) is 11.0 Å². The standard InChI is InChI=1S/C14H13ClO5/c1-2-18-14(17)12-8-9(16)13-10(19-7-6-15)4-3-5-11(13)20-12/h3-5,8H,2,6-7H2,1H3. The van der Waals surface area contributed by atoms with Gasteiger partial charge in [0, 0.05) is 6.07 Å². The van der Waals surface area contributed by atoms with Gasteiger partial charge in [-0.05, 0) is 19.1 Å². The molecule has 0 atom stereocenters. The highest BCUT2D eigenvalue weighted by Gasteiger charge is 2.15. The number of alkyl halides is 1. The Labute approximate surface area is 120 Å². The van der Waals surface area contributed by atoms with Crippen LogP contribution in [0, 0.1) is 0 Å². The largest absolute Gasteiger partial charge is 0.491 e. The first-order chi connectivity index (χ1) is 9.67. The molecule has 1 aromatic heterocycles. The van der Waals surface area contributed by atoms with Gasteiger partial charge in [-0.3, -0.25) is 4.79 Å². The van der Waals surface area contributed by atoms with Crippen molar-refractivity contribution in [3.63, 3.8) is 0 Å². The van der Waals surface area contributed by atoms with Crippen LogP contribution in [0.3, 0.4) is 0 Å². The van der Waals surface area contributed by atoms with Crippen molar-refractivity contribution >= 4 is 28.5 Å². The number of halogens is 1. The van der Waals surface area contributed by atoms with E-state index < -0.39 is 5.97 Å². The molecule has 0 amide bonds. The van der Waals surface area contributed by atoms with Gasteiger partial charge in [0.25, 0.3) is 0 Å². The van der Waals surface area contributed by atoms with Crippen LogP contribution >= 0.6 is 11.6 Å². The Bertz CT molecular complexity index is 677. The molecule has 20 heavy (non-hydrogen) atoms. The minimum atomic E-state index is -0.668. The SMILES string of the molecule is CCOC(=O)c1cc(=O)c2c(OCCCl)cccc2o1. The Kier molecular flexibility index (Phi) is 4.63. The molecule has 0 fully saturated rings. The summed E-state index contributed by atoms with van der Waals surface area (Å²) in [5.74, 6) is -0.104. The average molecular weight is 297 g/mol. The van der Waals surface area contributed by atoms with Crippen molar-refractivity contribution in [1.29, 1.82) is 0 Å². The van der Waals surface area contributed by atoms with Gasteiger partial charge in [0.2, 0.25) is 5.76 Å². The molecule has 5 nitrogen and oxygen atoms in total. The Morgan fingerprint density at radius 3 is 2.90 bits per heavy atom. The predicted molar refractivity (Wildman–Crippen MR) is 74.7 cm³/mol. The maximum atomic E-state index is 12.1. The summed E-state index contributed by atoms with van der Waals surface area (Å²) in [6.07, 6.45) is 0. The summed E-state index contributed by atoms with van der Waals surface area (Å²) in [4.78, 5) is 23.7. The van der Waals surface area contributed by atoms with E-state index >= 15 is 0 Å². The van der Waals surface area contributed by atoms with Crippen molar-refractivity contribution in [2.75, 3.05) is 19.1 Å². The summed E-state index contributed by atoms with van der Waals surface area (Å²) >= 11 is 5.56. The summed E-state index contributed by atoms with van der Waals surface area (Å²) in [6, 6.07) is 6.01. The lowest BCUT2D eigenvalue weighted by molar-refractivity contribution is 0.0490. The molecule has 0 N–H and O–H groups in total. The highest BCUT2D eigenvalue weighted by atomic mass is 35.5. The van der Waals surface area contributed by atoms with Crippen LogP contribution in [0.2, 0.25) is 0 Å². The van der Waals surface area contributed by atoms with E-state index in [1.54, 1.807) is 25.1 Å². The molecular weight excluding hydrogens is 284 g/mol. The van der Waals surface area contributed by atoms with E-state index in [1.165, 1.54) is 0 Å². The average Bonchev–Trinajstić information content (AvgIpc) is 2.44. The third-order valence-corrected chi connectivity index (χ3v) is 2.68. The Morgan fingerprint density at radius 2 is 2.20 bits per heavy atom. The second-order valence-electron chi connectivity index (χ2n) is 3.86. The zero-order chi connectivity index (χ0) is 14.5. The number of carbonyl (C=O) groups is 1. The van der Waals surface area contributed by atoms with E-state index in [0.29, 0.717) is 11.6 Å². The Hall–Kier alpha value is -2.01. The molecule has 2 rings (SSSR count). The molecule has 0 aliphatic rings. The van der Waals surface area contributed by atoms with E-state index in [0.717, 1.165) is 6.07 Å². The van der Waals surface area contributed by atoms with Gasteiger partial charge in [-0.2, -0.15) is 0 Å². The van der Waals surface area contributed by atoms with Gasteiger partial charge < -0.3 is 13.9 Å². The molecule has 0 aliphatic carbocycles. The second-order valence-corrected chi connectivity index (χ2v) is 4.24. The lowest BCUT2D eigenvalue weighted by atomic mass is 10.2. The molecule has 0 unspecified atom stereocenters. The molecule has 1 aromatic carbocycles. The molecule has 1 heterocycles. The maximum absolute atomic E-state index is 12.1. The zero-order valence-corrected chi connectivity index (χ0v) is 11.6. The van der Waals surface area contributed by atoms with E-state index in [2.05, 4.69) is 0 Å². The number of hydrogen-bond donors (Lipinski definition) is 0. The minimum absolute atomic E-state index is 0.126. The van der Waals surface area contributed by atoms with E-state index in [9.17, 15) is 9.59 Å². The fourth-order valence-electron chi connectivity index (χ4n) is 1.75. The molecular formula is C14H13ClO5. The van der Waals surface area contributed by atoms with Crippen molar-refractivity contribution < 1.29 is 18.7 Å². The van der Waals surface area contributed by atoms with Gasteiger partial charge in [0.05, 0.1) is 12.5 Å². The van der Waals surface area contributed by atoms with Crippen molar-refractivity contribution in [2.24, 2.45) is 0 Å². The first kappa shape index (κ1) is 14.4. The van der Waals surface area contributed by atoms with Gasteiger partial charge in [-0.1, -0.05) is 6.07 Å². The second kappa shape index (κ2) is 6.43. The number of ether oxygens (including phenoxy) is 2. The number of benzene rings is 1. The van der Waals surface area contributed by atoms with Crippen LogP contribution in [0.5, 0.6) is 5.75 Å². The van der Waals surface area contributed by atoms with Gasteiger partial charge >= 0.3 is 5.97 Å². The van der Waals surface area contributed by atoms with Crippen LogP contribution in [-0.4, -0.2) is 25.1 Å². The van der Waals surface area contributed by atoms with Crippen molar-refractivity contribution in [3.8, 4) is 5.75 Å².